The molecule has 0 unspecified atom stereocenters. The normalized spacial score (nSPS) is 10.7. The number of carbonyl (C=O) groups excluding carboxylic acids is 1. The Morgan fingerprint density at radius 3 is 3.00 bits per heavy atom. The zero-order valence-corrected chi connectivity index (χ0v) is 14.7. The second kappa shape index (κ2) is 7.38. The molecule has 0 saturated heterocycles. The van der Waals surface area contributed by atoms with E-state index < -0.39 is 0 Å². The van der Waals surface area contributed by atoms with Gasteiger partial charge >= 0.3 is 0 Å². The smallest absolute Gasteiger partial charge is 0.259 e. The lowest BCUT2D eigenvalue weighted by Gasteiger charge is -2.05. The number of pyridine rings is 1. The number of benzene rings is 1. The SMILES string of the molecule is O=C(Cn1cnc(-c2noc(-c3cccnc3)n2)c1)Nc1cccc(Cl)c1. The van der Waals surface area contributed by atoms with Crippen molar-refractivity contribution in [2.45, 2.75) is 6.54 Å². The minimum atomic E-state index is -0.203. The Morgan fingerprint density at radius 2 is 2.19 bits per heavy atom. The van der Waals surface area contributed by atoms with Crippen LogP contribution in [0.25, 0.3) is 23.0 Å². The fourth-order valence-corrected chi connectivity index (χ4v) is 2.62. The molecule has 0 aliphatic carbocycles. The Kier molecular flexibility index (Phi) is 4.63. The van der Waals surface area contributed by atoms with E-state index in [0.717, 1.165) is 5.56 Å². The van der Waals surface area contributed by atoms with Crippen molar-refractivity contribution >= 4 is 23.2 Å². The van der Waals surface area contributed by atoms with E-state index in [0.29, 0.717) is 28.1 Å². The van der Waals surface area contributed by atoms with E-state index in [1.165, 1.54) is 6.33 Å². The van der Waals surface area contributed by atoms with E-state index in [9.17, 15) is 4.79 Å². The largest absolute Gasteiger partial charge is 0.333 e. The van der Waals surface area contributed by atoms with Crippen LogP contribution in [-0.4, -0.2) is 30.6 Å². The maximum atomic E-state index is 12.2. The van der Waals surface area contributed by atoms with Crippen molar-refractivity contribution in [2.75, 3.05) is 5.32 Å². The first-order valence-corrected chi connectivity index (χ1v) is 8.37. The van der Waals surface area contributed by atoms with Gasteiger partial charge in [0.25, 0.3) is 5.89 Å². The highest BCUT2D eigenvalue weighted by atomic mass is 35.5. The highest BCUT2D eigenvalue weighted by Gasteiger charge is 2.14. The standard InChI is InChI=1S/C18H13ClN6O2/c19-13-4-1-5-14(7-13)22-16(26)10-25-9-15(21-11-25)17-23-18(27-24-17)12-3-2-6-20-8-12/h1-9,11H,10H2,(H,22,26). The predicted molar refractivity (Wildman–Crippen MR) is 98.8 cm³/mol. The summed E-state index contributed by atoms with van der Waals surface area (Å²) in [5.41, 5.74) is 1.85. The number of amides is 1. The van der Waals surface area contributed by atoms with Crippen LogP contribution in [0, 0.1) is 0 Å². The van der Waals surface area contributed by atoms with Crippen LogP contribution in [0.3, 0.4) is 0 Å². The van der Waals surface area contributed by atoms with Gasteiger partial charge < -0.3 is 14.4 Å². The minimum absolute atomic E-state index is 0.0901. The van der Waals surface area contributed by atoms with Gasteiger partial charge in [-0.2, -0.15) is 4.98 Å². The Hall–Kier alpha value is -3.52. The van der Waals surface area contributed by atoms with Gasteiger partial charge in [-0.15, -0.1) is 0 Å². The van der Waals surface area contributed by atoms with Crippen LogP contribution in [-0.2, 0) is 11.3 Å². The molecular formula is C18H13ClN6O2. The summed E-state index contributed by atoms with van der Waals surface area (Å²) in [4.78, 5) is 24.7. The van der Waals surface area contributed by atoms with E-state index in [4.69, 9.17) is 16.1 Å². The lowest BCUT2D eigenvalue weighted by molar-refractivity contribution is -0.116. The summed E-state index contributed by atoms with van der Waals surface area (Å²) in [5, 5.41) is 7.26. The van der Waals surface area contributed by atoms with E-state index in [1.54, 1.807) is 53.5 Å². The number of hydrogen-bond donors (Lipinski definition) is 1. The van der Waals surface area contributed by atoms with Crippen molar-refractivity contribution in [1.29, 1.82) is 0 Å². The Morgan fingerprint density at radius 1 is 1.26 bits per heavy atom. The van der Waals surface area contributed by atoms with Crippen LogP contribution < -0.4 is 5.32 Å². The summed E-state index contributed by atoms with van der Waals surface area (Å²) in [6.07, 6.45) is 6.51. The molecule has 0 fully saturated rings. The summed E-state index contributed by atoms with van der Waals surface area (Å²) in [7, 11) is 0. The third-order valence-corrected chi connectivity index (χ3v) is 3.87. The molecular weight excluding hydrogens is 368 g/mol. The fourth-order valence-electron chi connectivity index (χ4n) is 2.43. The van der Waals surface area contributed by atoms with Gasteiger partial charge in [-0.05, 0) is 30.3 Å². The molecule has 0 aliphatic heterocycles. The second-order valence-electron chi connectivity index (χ2n) is 5.65. The topological polar surface area (TPSA) is 98.7 Å². The molecule has 0 spiro atoms. The summed E-state index contributed by atoms with van der Waals surface area (Å²) in [6, 6.07) is 10.6. The van der Waals surface area contributed by atoms with E-state index >= 15 is 0 Å². The van der Waals surface area contributed by atoms with Crippen LogP contribution in [0.15, 0.2) is 65.8 Å². The summed E-state index contributed by atoms with van der Waals surface area (Å²) in [5.74, 6) is 0.486. The molecule has 1 amide bonds. The summed E-state index contributed by atoms with van der Waals surface area (Å²) in [6.45, 7) is 0.0901. The number of rotatable bonds is 5. The van der Waals surface area contributed by atoms with Crippen molar-refractivity contribution in [2.24, 2.45) is 0 Å². The molecule has 0 radical (unpaired) electrons. The number of nitrogens with zero attached hydrogens (tertiary/aromatic N) is 5. The van der Waals surface area contributed by atoms with Gasteiger partial charge in [0.1, 0.15) is 12.2 Å². The summed E-state index contributed by atoms with van der Waals surface area (Å²) >= 11 is 5.91. The number of imidazole rings is 1. The van der Waals surface area contributed by atoms with Gasteiger partial charge in [0.2, 0.25) is 11.7 Å². The number of hydrogen-bond acceptors (Lipinski definition) is 6. The lowest BCUT2D eigenvalue weighted by atomic mass is 10.3. The van der Waals surface area contributed by atoms with E-state index in [-0.39, 0.29) is 12.5 Å². The molecule has 8 nitrogen and oxygen atoms in total. The van der Waals surface area contributed by atoms with Crippen LogP contribution in [0.4, 0.5) is 5.69 Å². The zero-order chi connectivity index (χ0) is 18.6. The third kappa shape index (κ3) is 4.01. The molecule has 27 heavy (non-hydrogen) atoms. The molecule has 4 rings (SSSR count). The quantitative estimate of drug-likeness (QED) is 0.570. The maximum absolute atomic E-state index is 12.2. The van der Waals surface area contributed by atoms with Gasteiger partial charge in [-0.25, -0.2) is 4.98 Å². The molecule has 9 heteroatoms. The molecule has 1 aromatic carbocycles. The molecule has 134 valence electrons. The monoisotopic (exact) mass is 380 g/mol. The van der Waals surface area contributed by atoms with Crippen LogP contribution >= 0.6 is 11.6 Å². The number of halogens is 1. The molecule has 4 aromatic rings. The minimum Gasteiger partial charge on any atom is -0.333 e. The molecule has 3 heterocycles. The molecule has 0 bridgehead atoms. The predicted octanol–water partition coefficient (Wildman–Crippen LogP) is 3.29. The lowest BCUT2D eigenvalue weighted by Crippen LogP contribution is -2.17. The number of nitrogens with one attached hydrogen (secondary N) is 1. The Labute approximate surface area is 158 Å². The molecule has 0 aliphatic rings. The first-order chi connectivity index (χ1) is 13.2. The second-order valence-corrected chi connectivity index (χ2v) is 6.09. The van der Waals surface area contributed by atoms with Gasteiger partial charge in [-0.3, -0.25) is 9.78 Å². The van der Waals surface area contributed by atoms with Crippen LogP contribution in [0.5, 0.6) is 0 Å². The maximum Gasteiger partial charge on any atom is 0.259 e. The third-order valence-electron chi connectivity index (χ3n) is 3.63. The first-order valence-electron chi connectivity index (χ1n) is 7.99. The molecule has 1 N–H and O–H groups in total. The highest BCUT2D eigenvalue weighted by Crippen LogP contribution is 2.20. The van der Waals surface area contributed by atoms with Gasteiger partial charge in [-0.1, -0.05) is 22.8 Å². The van der Waals surface area contributed by atoms with Crippen LogP contribution in [0.2, 0.25) is 5.02 Å². The zero-order valence-electron chi connectivity index (χ0n) is 13.9. The first kappa shape index (κ1) is 16.9. The van der Waals surface area contributed by atoms with Crippen LogP contribution in [0.1, 0.15) is 0 Å². The number of carbonyl (C=O) groups is 1. The van der Waals surface area contributed by atoms with Crippen molar-refractivity contribution in [1.82, 2.24) is 24.7 Å². The van der Waals surface area contributed by atoms with Crippen molar-refractivity contribution in [3.05, 3.63) is 66.3 Å². The molecule has 0 saturated carbocycles. The van der Waals surface area contributed by atoms with E-state index in [2.05, 4.69) is 25.4 Å². The number of aromatic nitrogens is 5. The highest BCUT2D eigenvalue weighted by molar-refractivity contribution is 6.30. The van der Waals surface area contributed by atoms with Gasteiger partial charge in [0, 0.05) is 29.3 Å². The average molecular weight is 381 g/mol. The molecule has 3 aromatic heterocycles. The van der Waals surface area contributed by atoms with Gasteiger partial charge in [0.15, 0.2) is 0 Å². The average Bonchev–Trinajstić information content (AvgIpc) is 3.32. The van der Waals surface area contributed by atoms with Crippen molar-refractivity contribution < 1.29 is 9.32 Å². The van der Waals surface area contributed by atoms with Gasteiger partial charge in [0.05, 0.1) is 11.9 Å². The Balaban J connectivity index is 1.44. The fraction of sp³-hybridized carbons (Fsp3) is 0.0556. The van der Waals surface area contributed by atoms with Crippen molar-refractivity contribution in [3.8, 4) is 23.0 Å². The molecule has 0 atom stereocenters. The summed E-state index contributed by atoms with van der Waals surface area (Å²) < 4.78 is 6.88. The van der Waals surface area contributed by atoms with Crippen molar-refractivity contribution in [3.63, 3.8) is 0 Å². The van der Waals surface area contributed by atoms with E-state index in [1.807, 2.05) is 6.07 Å². The number of anilines is 1. The Bertz CT molecular complexity index is 1080.